The van der Waals surface area contributed by atoms with E-state index in [1.54, 1.807) is 0 Å². The standard InChI is InChI=1S/C10H20OSi/c1-12(2,3)8-7-9-5-4-6-10(9)11/h4-5,9-11H,6-8H2,1-3H3/t9-,10-/m1/s1. The Labute approximate surface area is 76.5 Å². The van der Waals surface area contributed by atoms with Crippen molar-refractivity contribution in [3.63, 3.8) is 0 Å². The topological polar surface area (TPSA) is 20.2 Å². The summed E-state index contributed by atoms with van der Waals surface area (Å²) in [7, 11) is -0.899. The van der Waals surface area contributed by atoms with Crippen LogP contribution in [0.25, 0.3) is 0 Å². The van der Waals surface area contributed by atoms with E-state index in [-0.39, 0.29) is 6.10 Å². The molecule has 0 bridgehead atoms. The van der Waals surface area contributed by atoms with Crippen LogP contribution in [0.1, 0.15) is 12.8 Å². The number of hydrogen-bond acceptors (Lipinski definition) is 1. The molecule has 0 fully saturated rings. The molecule has 0 unspecified atom stereocenters. The van der Waals surface area contributed by atoms with E-state index in [1.807, 2.05) is 0 Å². The first-order chi connectivity index (χ1) is 5.49. The van der Waals surface area contributed by atoms with Gasteiger partial charge >= 0.3 is 0 Å². The highest BCUT2D eigenvalue weighted by Gasteiger charge is 2.22. The molecule has 0 aromatic rings. The van der Waals surface area contributed by atoms with E-state index in [0.29, 0.717) is 5.92 Å². The summed E-state index contributed by atoms with van der Waals surface area (Å²) < 4.78 is 0. The van der Waals surface area contributed by atoms with Crippen molar-refractivity contribution in [3.8, 4) is 0 Å². The van der Waals surface area contributed by atoms with Gasteiger partial charge in [-0.25, -0.2) is 0 Å². The zero-order chi connectivity index (χ0) is 9.19. The van der Waals surface area contributed by atoms with Crippen molar-refractivity contribution in [1.82, 2.24) is 0 Å². The minimum absolute atomic E-state index is 0.0821. The smallest absolute Gasteiger partial charge is 0.0637 e. The van der Waals surface area contributed by atoms with Crippen molar-refractivity contribution in [1.29, 1.82) is 0 Å². The third-order valence-electron chi connectivity index (χ3n) is 2.48. The fourth-order valence-corrected chi connectivity index (χ4v) is 2.78. The van der Waals surface area contributed by atoms with Crippen molar-refractivity contribution in [2.24, 2.45) is 5.92 Å². The number of aliphatic hydroxyl groups is 1. The average molecular weight is 184 g/mol. The van der Waals surface area contributed by atoms with E-state index in [1.165, 1.54) is 12.5 Å². The fraction of sp³-hybridized carbons (Fsp3) is 0.800. The maximum atomic E-state index is 9.54. The lowest BCUT2D eigenvalue weighted by Crippen LogP contribution is -2.22. The first kappa shape index (κ1) is 10.0. The molecule has 2 heteroatoms. The van der Waals surface area contributed by atoms with Crippen molar-refractivity contribution in [2.45, 2.75) is 44.6 Å². The van der Waals surface area contributed by atoms with E-state index in [4.69, 9.17) is 0 Å². The SMILES string of the molecule is C[Si](C)(C)CC[C@H]1C=CC[C@H]1O. The predicted molar refractivity (Wildman–Crippen MR) is 56.0 cm³/mol. The maximum absolute atomic E-state index is 9.54. The Bertz CT molecular complexity index is 169. The molecule has 70 valence electrons. The summed E-state index contributed by atoms with van der Waals surface area (Å²) in [4.78, 5) is 0. The summed E-state index contributed by atoms with van der Waals surface area (Å²) in [5, 5.41) is 9.54. The van der Waals surface area contributed by atoms with Crippen LogP contribution in [0.15, 0.2) is 12.2 Å². The van der Waals surface area contributed by atoms with Gasteiger partial charge in [0.1, 0.15) is 0 Å². The minimum atomic E-state index is -0.899. The highest BCUT2D eigenvalue weighted by atomic mass is 28.3. The minimum Gasteiger partial charge on any atom is -0.392 e. The molecule has 12 heavy (non-hydrogen) atoms. The Balaban J connectivity index is 2.28. The van der Waals surface area contributed by atoms with Crippen LogP contribution in [0.4, 0.5) is 0 Å². The summed E-state index contributed by atoms with van der Waals surface area (Å²) in [6.45, 7) is 7.16. The van der Waals surface area contributed by atoms with Gasteiger partial charge in [-0.3, -0.25) is 0 Å². The number of rotatable bonds is 3. The first-order valence-corrected chi connectivity index (χ1v) is 8.54. The van der Waals surface area contributed by atoms with Gasteiger partial charge in [-0.1, -0.05) is 37.8 Å². The fourth-order valence-electron chi connectivity index (χ4n) is 1.58. The van der Waals surface area contributed by atoms with Gasteiger partial charge in [-0.15, -0.1) is 0 Å². The Morgan fingerprint density at radius 3 is 2.50 bits per heavy atom. The molecule has 0 heterocycles. The largest absolute Gasteiger partial charge is 0.392 e. The zero-order valence-corrected chi connectivity index (χ0v) is 9.38. The molecule has 0 saturated heterocycles. The van der Waals surface area contributed by atoms with Crippen molar-refractivity contribution >= 4 is 8.07 Å². The molecule has 0 amide bonds. The summed E-state index contributed by atoms with van der Waals surface area (Å²) in [6.07, 6.45) is 6.27. The summed E-state index contributed by atoms with van der Waals surface area (Å²) >= 11 is 0. The van der Waals surface area contributed by atoms with E-state index in [2.05, 4.69) is 31.8 Å². The lowest BCUT2D eigenvalue weighted by molar-refractivity contribution is 0.141. The first-order valence-electron chi connectivity index (χ1n) is 4.84. The molecular weight excluding hydrogens is 164 g/mol. The Morgan fingerprint density at radius 2 is 2.08 bits per heavy atom. The van der Waals surface area contributed by atoms with Crippen LogP contribution in [0, 0.1) is 5.92 Å². The molecular formula is C10H20OSi. The monoisotopic (exact) mass is 184 g/mol. The van der Waals surface area contributed by atoms with E-state index < -0.39 is 8.07 Å². The Morgan fingerprint density at radius 1 is 1.42 bits per heavy atom. The van der Waals surface area contributed by atoms with Crippen LogP contribution in [0.3, 0.4) is 0 Å². The van der Waals surface area contributed by atoms with Gasteiger partial charge in [-0.2, -0.15) is 0 Å². The molecule has 0 spiro atoms. The van der Waals surface area contributed by atoms with E-state index in [0.717, 1.165) is 6.42 Å². The quantitative estimate of drug-likeness (QED) is 0.528. The molecule has 1 aliphatic rings. The normalized spacial score (nSPS) is 29.7. The van der Waals surface area contributed by atoms with Crippen molar-refractivity contribution < 1.29 is 5.11 Å². The van der Waals surface area contributed by atoms with Crippen LogP contribution < -0.4 is 0 Å². The van der Waals surface area contributed by atoms with Gasteiger partial charge in [-0.05, 0) is 12.8 Å². The molecule has 1 nitrogen and oxygen atoms in total. The second-order valence-corrected chi connectivity index (χ2v) is 10.6. The molecule has 0 aliphatic heterocycles. The third kappa shape index (κ3) is 3.11. The van der Waals surface area contributed by atoms with Gasteiger partial charge in [0.2, 0.25) is 0 Å². The Kier molecular flexibility index (Phi) is 3.13. The Hall–Kier alpha value is -0.0831. The van der Waals surface area contributed by atoms with Gasteiger partial charge in [0.25, 0.3) is 0 Å². The second-order valence-electron chi connectivity index (χ2n) is 4.99. The summed E-state index contributed by atoms with van der Waals surface area (Å²) in [5.74, 6) is 0.455. The molecule has 0 aromatic heterocycles. The van der Waals surface area contributed by atoms with Crippen LogP contribution in [0.5, 0.6) is 0 Å². The molecule has 1 N–H and O–H groups in total. The summed E-state index contributed by atoms with van der Waals surface area (Å²) in [6, 6.07) is 1.33. The molecule has 0 radical (unpaired) electrons. The van der Waals surface area contributed by atoms with Crippen molar-refractivity contribution in [3.05, 3.63) is 12.2 Å². The molecule has 1 rings (SSSR count). The molecule has 2 atom stereocenters. The van der Waals surface area contributed by atoms with Crippen molar-refractivity contribution in [2.75, 3.05) is 0 Å². The van der Waals surface area contributed by atoms with Crippen LogP contribution in [-0.2, 0) is 0 Å². The van der Waals surface area contributed by atoms with Crippen LogP contribution in [0.2, 0.25) is 25.7 Å². The highest BCUT2D eigenvalue weighted by Crippen LogP contribution is 2.25. The van der Waals surface area contributed by atoms with Gasteiger partial charge in [0.15, 0.2) is 0 Å². The molecule has 0 saturated carbocycles. The maximum Gasteiger partial charge on any atom is 0.0637 e. The number of hydrogen-bond donors (Lipinski definition) is 1. The summed E-state index contributed by atoms with van der Waals surface area (Å²) in [5.41, 5.74) is 0. The van der Waals surface area contributed by atoms with Gasteiger partial charge < -0.3 is 5.11 Å². The molecule has 0 aromatic carbocycles. The van der Waals surface area contributed by atoms with E-state index in [9.17, 15) is 5.11 Å². The van der Waals surface area contributed by atoms with Gasteiger partial charge in [0.05, 0.1) is 6.10 Å². The van der Waals surface area contributed by atoms with Crippen LogP contribution in [-0.4, -0.2) is 19.3 Å². The predicted octanol–water partition coefficient (Wildman–Crippen LogP) is 2.65. The number of aliphatic hydroxyl groups excluding tert-OH is 1. The second kappa shape index (κ2) is 3.75. The lowest BCUT2D eigenvalue weighted by atomic mass is 10.0. The lowest BCUT2D eigenvalue weighted by Gasteiger charge is -2.20. The average Bonchev–Trinajstić information content (AvgIpc) is 2.29. The molecule has 1 aliphatic carbocycles. The van der Waals surface area contributed by atoms with E-state index >= 15 is 0 Å². The third-order valence-corrected chi connectivity index (χ3v) is 4.27. The highest BCUT2D eigenvalue weighted by molar-refractivity contribution is 6.76. The zero-order valence-electron chi connectivity index (χ0n) is 8.38. The van der Waals surface area contributed by atoms with Crippen LogP contribution >= 0.6 is 0 Å². The van der Waals surface area contributed by atoms with Gasteiger partial charge in [0, 0.05) is 14.0 Å².